The second-order valence-corrected chi connectivity index (χ2v) is 6.56. The molecule has 6 heteroatoms. The van der Waals surface area contributed by atoms with Gasteiger partial charge in [-0.25, -0.2) is 0 Å². The number of rotatable bonds is 6. The first-order chi connectivity index (χ1) is 9.72. The van der Waals surface area contributed by atoms with E-state index in [-0.39, 0.29) is 18.5 Å². The highest BCUT2D eigenvalue weighted by atomic mass is 35.5. The van der Waals surface area contributed by atoms with Gasteiger partial charge in [-0.15, -0.1) is 11.3 Å². The Hall–Kier alpha value is -1.30. The van der Waals surface area contributed by atoms with Crippen molar-refractivity contribution in [3.8, 4) is 0 Å². The zero-order chi connectivity index (χ0) is 13.9. The van der Waals surface area contributed by atoms with Gasteiger partial charge in [0.25, 0.3) is 0 Å². The van der Waals surface area contributed by atoms with Crippen LogP contribution in [0.5, 0.6) is 0 Å². The highest BCUT2D eigenvalue weighted by Crippen LogP contribution is 2.31. The van der Waals surface area contributed by atoms with E-state index < -0.39 is 0 Å². The van der Waals surface area contributed by atoms with Crippen LogP contribution in [0.15, 0.2) is 34.9 Å². The van der Waals surface area contributed by atoms with Gasteiger partial charge in [-0.05, 0) is 37.1 Å². The average Bonchev–Trinajstić information content (AvgIpc) is 2.91. The van der Waals surface area contributed by atoms with E-state index in [0.717, 1.165) is 27.8 Å². The number of hydrogen-bond acceptors (Lipinski definition) is 4. The van der Waals surface area contributed by atoms with Crippen LogP contribution in [0, 0.1) is 0 Å². The third kappa shape index (κ3) is 3.42. The average molecular weight is 311 g/mol. The number of thiophene rings is 1. The van der Waals surface area contributed by atoms with Gasteiger partial charge in [0.05, 0.1) is 17.1 Å². The summed E-state index contributed by atoms with van der Waals surface area (Å²) < 4.78 is 6.18. The van der Waals surface area contributed by atoms with Crippen molar-refractivity contribution in [1.29, 1.82) is 0 Å². The third-order valence-corrected chi connectivity index (χ3v) is 4.41. The molecule has 1 amide bonds. The Morgan fingerprint density at radius 2 is 2.30 bits per heavy atom. The Morgan fingerprint density at radius 3 is 2.90 bits per heavy atom. The van der Waals surface area contributed by atoms with Crippen molar-refractivity contribution in [3.05, 3.63) is 45.5 Å². The molecule has 1 aliphatic carbocycles. The van der Waals surface area contributed by atoms with Crippen LogP contribution in [0.2, 0.25) is 4.34 Å². The standard InChI is InChI=1S/C14H15ClN2O2S/c15-12-6-5-11(20-12)14(10-2-1-7-19-10)16-8-13(18)17-9-3-4-9/h1-2,5-7,9,14,16H,3-4,8H2,(H,17,18). The van der Waals surface area contributed by atoms with E-state index in [0.29, 0.717) is 6.04 Å². The van der Waals surface area contributed by atoms with Crippen molar-refractivity contribution >= 4 is 28.8 Å². The smallest absolute Gasteiger partial charge is 0.234 e. The SMILES string of the molecule is O=C(CNC(c1ccco1)c1ccc(Cl)s1)NC1CC1. The fourth-order valence-electron chi connectivity index (χ4n) is 1.98. The van der Waals surface area contributed by atoms with E-state index in [2.05, 4.69) is 10.6 Å². The van der Waals surface area contributed by atoms with E-state index in [9.17, 15) is 4.79 Å². The summed E-state index contributed by atoms with van der Waals surface area (Å²) >= 11 is 7.47. The van der Waals surface area contributed by atoms with Gasteiger partial charge in [0.2, 0.25) is 5.91 Å². The zero-order valence-corrected chi connectivity index (χ0v) is 12.3. The van der Waals surface area contributed by atoms with Crippen molar-refractivity contribution in [2.24, 2.45) is 0 Å². The number of amides is 1. The predicted molar refractivity (Wildman–Crippen MR) is 79.0 cm³/mol. The summed E-state index contributed by atoms with van der Waals surface area (Å²) in [5.74, 6) is 0.800. The maximum Gasteiger partial charge on any atom is 0.234 e. The largest absolute Gasteiger partial charge is 0.467 e. The minimum atomic E-state index is -0.146. The molecule has 1 aliphatic rings. The van der Waals surface area contributed by atoms with Gasteiger partial charge < -0.3 is 9.73 Å². The molecule has 4 nitrogen and oxygen atoms in total. The molecule has 106 valence electrons. The number of carbonyl (C=O) groups excluding carboxylic acids is 1. The molecular weight excluding hydrogens is 296 g/mol. The molecular formula is C14H15ClN2O2S. The fourth-order valence-corrected chi connectivity index (χ4v) is 3.13. The van der Waals surface area contributed by atoms with Gasteiger partial charge in [0, 0.05) is 10.9 Å². The molecule has 0 aromatic carbocycles. The van der Waals surface area contributed by atoms with Gasteiger partial charge in [-0.1, -0.05) is 11.6 Å². The molecule has 2 aromatic heterocycles. The fraction of sp³-hybridized carbons (Fsp3) is 0.357. The van der Waals surface area contributed by atoms with Crippen molar-refractivity contribution in [3.63, 3.8) is 0 Å². The summed E-state index contributed by atoms with van der Waals surface area (Å²) in [5.41, 5.74) is 0. The zero-order valence-electron chi connectivity index (χ0n) is 10.8. The Labute approximate surface area is 126 Å². The maximum absolute atomic E-state index is 11.8. The molecule has 0 radical (unpaired) electrons. The highest BCUT2D eigenvalue weighted by molar-refractivity contribution is 7.16. The second kappa shape index (κ2) is 5.99. The van der Waals surface area contributed by atoms with Gasteiger partial charge in [0.15, 0.2) is 0 Å². The normalized spacial score (nSPS) is 16.1. The van der Waals surface area contributed by atoms with E-state index in [1.165, 1.54) is 11.3 Å². The van der Waals surface area contributed by atoms with E-state index >= 15 is 0 Å². The monoisotopic (exact) mass is 310 g/mol. The van der Waals surface area contributed by atoms with E-state index in [1.54, 1.807) is 6.26 Å². The Bertz CT molecular complexity index is 578. The van der Waals surface area contributed by atoms with Crippen molar-refractivity contribution in [2.75, 3.05) is 6.54 Å². The van der Waals surface area contributed by atoms with Crippen LogP contribution < -0.4 is 10.6 Å². The van der Waals surface area contributed by atoms with Crippen LogP contribution in [0.3, 0.4) is 0 Å². The number of furan rings is 1. The van der Waals surface area contributed by atoms with Crippen LogP contribution in [0.1, 0.15) is 29.5 Å². The van der Waals surface area contributed by atoms with Gasteiger partial charge in [-0.2, -0.15) is 0 Å². The van der Waals surface area contributed by atoms with Crippen molar-refractivity contribution in [1.82, 2.24) is 10.6 Å². The lowest BCUT2D eigenvalue weighted by Gasteiger charge is -2.15. The van der Waals surface area contributed by atoms with Crippen molar-refractivity contribution < 1.29 is 9.21 Å². The summed E-state index contributed by atoms with van der Waals surface area (Å²) in [4.78, 5) is 12.8. The quantitative estimate of drug-likeness (QED) is 0.862. The van der Waals surface area contributed by atoms with Crippen molar-refractivity contribution in [2.45, 2.75) is 24.9 Å². The minimum Gasteiger partial charge on any atom is -0.467 e. The molecule has 2 heterocycles. The first kappa shape index (κ1) is 13.7. The van der Waals surface area contributed by atoms with Gasteiger partial charge >= 0.3 is 0 Å². The molecule has 2 aromatic rings. The first-order valence-electron chi connectivity index (χ1n) is 6.54. The number of carbonyl (C=O) groups is 1. The van der Waals surface area contributed by atoms with Gasteiger partial charge in [0.1, 0.15) is 11.8 Å². The molecule has 1 atom stereocenters. The molecule has 2 N–H and O–H groups in total. The maximum atomic E-state index is 11.8. The number of hydrogen-bond donors (Lipinski definition) is 2. The molecule has 0 spiro atoms. The predicted octanol–water partition coefficient (Wildman–Crippen LogP) is 2.95. The van der Waals surface area contributed by atoms with Crippen LogP contribution >= 0.6 is 22.9 Å². The molecule has 0 bridgehead atoms. The molecule has 20 heavy (non-hydrogen) atoms. The second-order valence-electron chi connectivity index (χ2n) is 4.81. The Morgan fingerprint density at radius 1 is 1.45 bits per heavy atom. The topological polar surface area (TPSA) is 54.3 Å². The molecule has 3 rings (SSSR count). The summed E-state index contributed by atoms with van der Waals surface area (Å²) in [7, 11) is 0. The van der Waals surface area contributed by atoms with Crippen LogP contribution in [0.25, 0.3) is 0 Å². The first-order valence-corrected chi connectivity index (χ1v) is 7.73. The molecule has 0 aliphatic heterocycles. The lowest BCUT2D eigenvalue weighted by molar-refractivity contribution is -0.120. The minimum absolute atomic E-state index is 0.0201. The van der Waals surface area contributed by atoms with E-state index in [1.807, 2.05) is 24.3 Å². The van der Waals surface area contributed by atoms with Crippen LogP contribution in [-0.2, 0) is 4.79 Å². The Balaban J connectivity index is 1.67. The summed E-state index contributed by atoms with van der Waals surface area (Å²) in [6.45, 7) is 0.261. The summed E-state index contributed by atoms with van der Waals surface area (Å²) in [6, 6.07) is 7.76. The van der Waals surface area contributed by atoms with Crippen LogP contribution in [-0.4, -0.2) is 18.5 Å². The van der Waals surface area contributed by atoms with Crippen LogP contribution in [0.4, 0.5) is 0 Å². The summed E-state index contributed by atoms with van der Waals surface area (Å²) in [6.07, 6.45) is 3.81. The Kier molecular flexibility index (Phi) is 4.10. The third-order valence-electron chi connectivity index (χ3n) is 3.12. The van der Waals surface area contributed by atoms with Gasteiger partial charge in [-0.3, -0.25) is 10.1 Å². The van der Waals surface area contributed by atoms with E-state index in [4.69, 9.17) is 16.0 Å². The molecule has 1 fully saturated rings. The number of nitrogens with one attached hydrogen (secondary N) is 2. The lowest BCUT2D eigenvalue weighted by atomic mass is 10.2. The number of halogens is 1. The molecule has 1 unspecified atom stereocenters. The lowest BCUT2D eigenvalue weighted by Crippen LogP contribution is -2.36. The summed E-state index contributed by atoms with van der Waals surface area (Å²) in [5, 5.41) is 6.19. The molecule has 0 saturated heterocycles. The highest BCUT2D eigenvalue weighted by Gasteiger charge is 2.24. The molecule has 1 saturated carbocycles.